The van der Waals surface area contributed by atoms with Crippen molar-refractivity contribution in [2.75, 3.05) is 11.5 Å². The van der Waals surface area contributed by atoms with E-state index in [1.165, 1.54) is 37.2 Å². The second-order valence-electron chi connectivity index (χ2n) is 3.99. The molecule has 2 aliphatic rings. The van der Waals surface area contributed by atoms with E-state index in [1.54, 1.807) is 0 Å². The molecule has 0 unspecified atom stereocenters. The molecule has 2 fully saturated rings. The highest BCUT2D eigenvalue weighted by Crippen LogP contribution is 2.47. The average Bonchev–Trinajstić information content (AvgIpc) is 2.71. The van der Waals surface area contributed by atoms with Crippen LogP contribution >= 0.6 is 23.5 Å². The first-order valence-electron chi connectivity index (χ1n) is 5.26. The van der Waals surface area contributed by atoms with Crippen molar-refractivity contribution in [1.29, 1.82) is 0 Å². The summed E-state index contributed by atoms with van der Waals surface area (Å²) in [5.74, 6) is 4.72. The van der Waals surface area contributed by atoms with E-state index in [-0.39, 0.29) is 0 Å². The monoisotopic (exact) mass is 214 g/mol. The van der Waals surface area contributed by atoms with Crippen LogP contribution in [0, 0.1) is 11.8 Å². The Kier molecular flexibility index (Phi) is 3.67. The zero-order valence-electron chi connectivity index (χ0n) is 8.08. The molecule has 2 rings (SSSR count). The summed E-state index contributed by atoms with van der Waals surface area (Å²) in [4.78, 5) is 0. The predicted molar refractivity (Wildman–Crippen MR) is 64.3 cm³/mol. The molecule has 1 aliphatic carbocycles. The summed E-state index contributed by atoms with van der Waals surface area (Å²) < 4.78 is 0.924. The lowest BCUT2D eigenvalue weighted by Crippen LogP contribution is -2.16. The molecule has 1 heterocycles. The van der Waals surface area contributed by atoms with E-state index >= 15 is 0 Å². The molecule has 0 spiro atoms. The lowest BCUT2D eigenvalue weighted by molar-refractivity contribution is 0.419. The summed E-state index contributed by atoms with van der Waals surface area (Å²) in [6.07, 6.45) is 7.76. The lowest BCUT2D eigenvalue weighted by Gasteiger charge is -2.23. The molecule has 0 amide bonds. The van der Waals surface area contributed by atoms with Crippen molar-refractivity contribution in [3.05, 3.63) is 12.7 Å². The number of hydrogen-bond acceptors (Lipinski definition) is 2. The standard InChI is InChI=1S/C11H18S2/c1-2-4-9-5-3-6-10(9)11-12-7-8-13-11/h2,9-11H,1,3-8H2/t9-,10-/m1/s1. The molecule has 13 heavy (non-hydrogen) atoms. The third-order valence-electron chi connectivity index (χ3n) is 3.18. The van der Waals surface area contributed by atoms with Crippen molar-refractivity contribution in [3.8, 4) is 0 Å². The molecular formula is C11H18S2. The molecule has 0 bridgehead atoms. The quantitative estimate of drug-likeness (QED) is 0.656. The Hall–Kier alpha value is 0.440. The average molecular weight is 214 g/mol. The summed E-state index contributed by atoms with van der Waals surface area (Å²) in [5, 5.41) is 0. The Bertz CT molecular complexity index is 173. The Labute approximate surface area is 89.9 Å². The van der Waals surface area contributed by atoms with Gasteiger partial charge in [0.1, 0.15) is 0 Å². The smallest absolute Gasteiger partial charge is 0.0533 e. The zero-order chi connectivity index (χ0) is 9.10. The van der Waals surface area contributed by atoms with Crippen LogP contribution in [0.15, 0.2) is 12.7 Å². The molecule has 2 atom stereocenters. The van der Waals surface area contributed by atoms with Gasteiger partial charge in [0.2, 0.25) is 0 Å². The summed E-state index contributed by atoms with van der Waals surface area (Å²) in [7, 11) is 0. The highest BCUT2D eigenvalue weighted by Gasteiger charge is 2.35. The van der Waals surface area contributed by atoms with Gasteiger partial charge in [0, 0.05) is 11.5 Å². The second kappa shape index (κ2) is 4.79. The third-order valence-corrected chi connectivity index (χ3v) is 6.50. The van der Waals surface area contributed by atoms with Crippen molar-refractivity contribution >= 4 is 23.5 Å². The SMILES string of the molecule is C=CC[C@@H]1CCC[C@H]1C1SCCS1. The lowest BCUT2D eigenvalue weighted by atomic mass is 9.94. The summed E-state index contributed by atoms with van der Waals surface area (Å²) in [5.41, 5.74) is 0. The van der Waals surface area contributed by atoms with Crippen LogP contribution < -0.4 is 0 Å². The Morgan fingerprint density at radius 2 is 2.00 bits per heavy atom. The number of hydrogen-bond donors (Lipinski definition) is 0. The fraction of sp³-hybridized carbons (Fsp3) is 0.818. The van der Waals surface area contributed by atoms with Gasteiger partial charge in [-0.25, -0.2) is 0 Å². The molecule has 1 aliphatic heterocycles. The molecule has 74 valence electrons. The van der Waals surface area contributed by atoms with E-state index in [1.807, 2.05) is 0 Å². The first-order valence-corrected chi connectivity index (χ1v) is 7.35. The molecule has 0 aromatic rings. The fourth-order valence-corrected chi connectivity index (χ4v) is 5.96. The van der Waals surface area contributed by atoms with Gasteiger partial charge in [-0.3, -0.25) is 0 Å². The first kappa shape index (κ1) is 9.97. The normalized spacial score (nSPS) is 35.4. The minimum Gasteiger partial charge on any atom is -0.146 e. The Balaban J connectivity index is 1.91. The van der Waals surface area contributed by atoms with E-state index < -0.39 is 0 Å². The molecule has 2 heteroatoms. The van der Waals surface area contributed by atoms with E-state index in [4.69, 9.17) is 0 Å². The molecule has 0 aromatic heterocycles. The van der Waals surface area contributed by atoms with Crippen molar-refractivity contribution in [3.63, 3.8) is 0 Å². The molecule has 1 saturated carbocycles. The van der Waals surface area contributed by atoms with Crippen LogP contribution in [0.5, 0.6) is 0 Å². The predicted octanol–water partition coefficient (Wildman–Crippen LogP) is 3.78. The third kappa shape index (κ3) is 2.27. The summed E-state index contributed by atoms with van der Waals surface area (Å²) >= 11 is 4.40. The summed E-state index contributed by atoms with van der Waals surface area (Å²) in [6, 6.07) is 0. The van der Waals surface area contributed by atoms with Crippen LogP contribution in [-0.4, -0.2) is 16.1 Å². The zero-order valence-corrected chi connectivity index (χ0v) is 9.71. The topological polar surface area (TPSA) is 0 Å². The molecule has 0 nitrogen and oxygen atoms in total. The Morgan fingerprint density at radius 1 is 1.23 bits per heavy atom. The van der Waals surface area contributed by atoms with Crippen molar-refractivity contribution in [2.24, 2.45) is 11.8 Å². The van der Waals surface area contributed by atoms with Gasteiger partial charge in [0.05, 0.1) is 4.58 Å². The van der Waals surface area contributed by atoms with Crippen LogP contribution in [-0.2, 0) is 0 Å². The van der Waals surface area contributed by atoms with E-state index in [0.29, 0.717) is 0 Å². The molecule has 0 N–H and O–H groups in total. The van der Waals surface area contributed by atoms with Gasteiger partial charge in [0.15, 0.2) is 0 Å². The van der Waals surface area contributed by atoms with Gasteiger partial charge >= 0.3 is 0 Å². The van der Waals surface area contributed by atoms with Gasteiger partial charge in [-0.15, -0.1) is 30.1 Å². The van der Waals surface area contributed by atoms with Crippen LogP contribution in [0.3, 0.4) is 0 Å². The maximum absolute atomic E-state index is 3.87. The number of rotatable bonds is 3. The van der Waals surface area contributed by atoms with Gasteiger partial charge in [-0.2, -0.15) is 0 Å². The van der Waals surface area contributed by atoms with Crippen LogP contribution in [0.1, 0.15) is 25.7 Å². The second-order valence-corrected chi connectivity index (χ2v) is 6.79. The van der Waals surface area contributed by atoms with Crippen molar-refractivity contribution in [1.82, 2.24) is 0 Å². The molecule has 1 saturated heterocycles. The van der Waals surface area contributed by atoms with Gasteiger partial charge in [-0.05, 0) is 31.1 Å². The van der Waals surface area contributed by atoms with E-state index in [0.717, 1.165) is 16.4 Å². The van der Waals surface area contributed by atoms with Crippen LogP contribution in [0.2, 0.25) is 0 Å². The van der Waals surface area contributed by atoms with Crippen LogP contribution in [0.4, 0.5) is 0 Å². The maximum atomic E-state index is 3.87. The molecular weight excluding hydrogens is 196 g/mol. The van der Waals surface area contributed by atoms with Gasteiger partial charge in [-0.1, -0.05) is 12.5 Å². The molecule has 0 radical (unpaired) electrons. The fourth-order valence-electron chi connectivity index (χ4n) is 2.55. The van der Waals surface area contributed by atoms with Crippen LogP contribution in [0.25, 0.3) is 0 Å². The maximum Gasteiger partial charge on any atom is 0.0533 e. The summed E-state index contributed by atoms with van der Waals surface area (Å²) in [6.45, 7) is 3.87. The largest absolute Gasteiger partial charge is 0.146 e. The Morgan fingerprint density at radius 3 is 2.69 bits per heavy atom. The van der Waals surface area contributed by atoms with E-state index in [9.17, 15) is 0 Å². The number of thioether (sulfide) groups is 2. The minimum atomic E-state index is 0.924. The minimum absolute atomic E-state index is 0.924. The molecule has 0 aromatic carbocycles. The highest BCUT2D eigenvalue weighted by molar-refractivity contribution is 8.20. The van der Waals surface area contributed by atoms with Gasteiger partial charge < -0.3 is 0 Å². The highest BCUT2D eigenvalue weighted by atomic mass is 32.2. The first-order chi connectivity index (χ1) is 6.42. The van der Waals surface area contributed by atoms with E-state index in [2.05, 4.69) is 36.2 Å². The van der Waals surface area contributed by atoms with Crippen molar-refractivity contribution < 1.29 is 0 Å². The number of allylic oxidation sites excluding steroid dienone is 1. The van der Waals surface area contributed by atoms with Crippen molar-refractivity contribution in [2.45, 2.75) is 30.3 Å². The van der Waals surface area contributed by atoms with Gasteiger partial charge in [0.25, 0.3) is 0 Å².